The van der Waals surface area contributed by atoms with Crippen LogP contribution in [0.3, 0.4) is 0 Å². The van der Waals surface area contributed by atoms with Gasteiger partial charge in [0.1, 0.15) is 18.1 Å². The summed E-state index contributed by atoms with van der Waals surface area (Å²) >= 11 is 6.09. The molecule has 0 aliphatic heterocycles. The van der Waals surface area contributed by atoms with Crippen LogP contribution < -0.4 is 20.1 Å². The van der Waals surface area contributed by atoms with E-state index in [1.165, 1.54) is 12.4 Å². The predicted octanol–water partition coefficient (Wildman–Crippen LogP) is 3.69. The molecule has 0 saturated heterocycles. The van der Waals surface area contributed by atoms with E-state index in [1.54, 1.807) is 25.3 Å². The van der Waals surface area contributed by atoms with Crippen LogP contribution in [0, 0.1) is 0 Å². The molecule has 0 bridgehead atoms. The predicted molar refractivity (Wildman–Crippen MR) is 108 cm³/mol. The third-order valence-electron chi connectivity index (χ3n) is 3.75. The quantitative estimate of drug-likeness (QED) is 0.563. The molecule has 144 valence electrons. The van der Waals surface area contributed by atoms with E-state index >= 15 is 0 Å². The fraction of sp³-hybridized carbons (Fsp3) is 0.150. The number of methoxy groups -OCH3 is 1. The minimum absolute atomic E-state index is 0.275. The molecular formula is C20H19ClN4O3. The van der Waals surface area contributed by atoms with Crippen LogP contribution in [-0.2, 0) is 0 Å². The van der Waals surface area contributed by atoms with Gasteiger partial charge >= 0.3 is 0 Å². The summed E-state index contributed by atoms with van der Waals surface area (Å²) in [5, 5.41) is 6.32. The number of carbonyl (C=O) groups excluding carboxylic acids is 1. The molecule has 8 heteroatoms. The molecule has 28 heavy (non-hydrogen) atoms. The van der Waals surface area contributed by atoms with Gasteiger partial charge in [-0.15, -0.1) is 0 Å². The van der Waals surface area contributed by atoms with Gasteiger partial charge in [0.15, 0.2) is 0 Å². The fourth-order valence-corrected chi connectivity index (χ4v) is 2.48. The summed E-state index contributed by atoms with van der Waals surface area (Å²) in [5.41, 5.74) is 1.05. The van der Waals surface area contributed by atoms with Gasteiger partial charge in [0.25, 0.3) is 5.91 Å². The van der Waals surface area contributed by atoms with Gasteiger partial charge in [-0.25, -0.2) is 9.97 Å². The van der Waals surface area contributed by atoms with Crippen molar-refractivity contribution in [3.63, 3.8) is 0 Å². The Labute approximate surface area is 167 Å². The number of ether oxygens (including phenoxy) is 2. The zero-order valence-corrected chi connectivity index (χ0v) is 15.9. The van der Waals surface area contributed by atoms with Crippen molar-refractivity contribution in [2.24, 2.45) is 0 Å². The smallest absolute Gasteiger partial charge is 0.254 e. The molecule has 0 spiro atoms. The second-order valence-corrected chi connectivity index (χ2v) is 6.09. The summed E-state index contributed by atoms with van der Waals surface area (Å²) in [6.07, 6.45) is 2.90. The van der Waals surface area contributed by atoms with Crippen molar-refractivity contribution in [1.82, 2.24) is 15.3 Å². The van der Waals surface area contributed by atoms with E-state index < -0.39 is 0 Å². The van der Waals surface area contributed by atoms with E-state index in [4.69, 9.17) is 21.1 Å². The highest BCUT2D eigenvalue weighted by atomic mass is 35.5. The monoisotopic (exact) mass is 398 g/mol. The number of para-hydroxylation sites is 1. The first-order valence-electron chi connectivity index (χ1n) is 8.54. The molecule has 0 radical (unpaired) electrons. The lowest BCUT2D eigenvalue weighted by Gasteiger charge is -2.09. The van der Waals surface area contributed by atoms with Crippen molar-refractivity contribution in [1.29, 1.82) is 0 Å². The van der Waals surface area contributed by atoms with Gasteiger partial charge in [0.05, 0.1) is 29.9 Å². The highest BCUT2D eigenvalue weighted by Gasteiger charge is 2.08. The third-order valence-corrected chi connectivity index (χ3v) is 4.08. The van der Waals surface area contributed by atoms with Crippen molar-refractivity contribution in [2.75, 3.05) is 25.6 Å². The summed E-state index contributed by atoms with van der Waals surface area (Å²) in [7, 11) is 1.61. The molecule has 2 N–H and O–H groups in total. The van der Waals surface area contributed by atoms with Crippen LogP contribution in [0.15, 0.2) is 60.9 Å². The lowest BCUT2D eigenvalue weighted by atomic mass is 10.3. The van der Waals surface area contributed by atoms with E-state index in [0.29, 0.717) is 41.1 Å². The number of aromatic nitrogens is 2. The normalized spacial score (nSPS) is 10.2. The van der Waals surface area contributed by atoms with E-state index in [2.05, 4.69) is 20.6 Å². The summed E-state index contributed by atoms with van der Waals surface area (Å²) in [6.45, 7) is 0.690. The number of hydrogen-bond donors (Lipinski definition) is 2. The minimum atomic E-state index is -0.275. The van der Waals surface area contributed by atoms with Crippen LogP contribution in [0.5, 0.6) is 11.5 Å². The number of halogens is 1. The van der Waals surface area contributed by atoms with Gasteiger partial charge in [-0.05, 0) is 36.4 Å². The Kier molecular flexibility index (Phi) is 6.64. The van der Waals surface area contributed by atoms with Crippen LogP contribution in [-0.4, -0.2) is 36.1 Å². The first-order chi connectivity index (χ1) is 13.7. The van der Waals surface area contributed by atoms with E-state index in [-0.39, 0.29) is 5.91 Å². The number of nitrogens with zero attached hydrogens (tertiary/aromatic N) is 2. The Hall–Kier alpha value is -3.32. The molecule has 0 saturated carbocycles. The molecule has 0 unspecified atom stereocenters. The molecule has 7 nitrogen and oxygen atoms in total. The first-order valence-corrected chi connectivity index (χ1v) is 8.92. The van der Waals surface area contributed by atoms with Crippen LogP contribution >= 0.6 is 11.6 Å². The van der Waals surface area contributed by atoms with Crippen LogP contribution in [0.2, 0.25) is 5.02 Å². The Morgan fingerprint density at radius 3 is 2.39 bits per heavy atom. The van der Waals surface area contributed by atoms with Crippen molar-refractivity contribution in [2.45, 2.75) is 0 Å². The standard InChI is InChI=1S/C20H19ClN4O3/c1-27-15-6-8-16(9-7-15)28-11-10-22-19(26)14-12-23-20(24-13-14)25-18-5-3-2-4-17(18)21/h2-9,12-13H,10-11H2,1H3,(H,22,26)(H,23,24,25). The van der Waals surface area contributed by atoms with Crippen LogP contribution in [0.4, 0.5) is 11.6 Å². The lowest BCUT2D eigenvalue weighted by molar-refractivity contribution is 0.0946. The van der Waals surface area contributed by atoms with Gasteiger partial charge in [-0.2, -0.15) is 0 Å². The van der Waals surface area contributed by atoms with Crippen LogP contribution in [0.1, 0.15) is 10.4 Å². The first kappa shape index (κ1) is 19.4. The molecule has 3 rings (SSSR count). The van der Waals surface area contributed by atoms with E-state index in [0.717, 1.165) is 5.75 Å². The Balaban J connectivity index is 1.45. The molecule has 0 atom stereocenters. The largest absolute Gasteiger partial charge is 0.497 e. The summed E-state index contributed by atoms with van der Waals surface area (Å²) in [4.78, 5) is 20.4. The van der Waals surface area contributed by atoms with E-state index in [9.17, 15) is 4.79 Å². The van der Waals surface area contributed by atoms with Gasteiger partial charge in [0, 0.05) is 12.4 Å². The average molecular weight is 399 g/mol. The summed E-state index contributed by atoms with van der Waals surface area (Å²) < 4.78 is 10.7. The van der Waals surface area contributed by atoms with Crippen LogP contribution in [0.25, 0.3) is 0 Å². The second-order valence-electron chi connectivity index (χ2n) is 5.68. The van der Waals surface area contributed by atoms with Crippen molar-refractivity contribution < 1.29 is 14.3 Å². The number of amides is 1. The summed E-state index contributed by atoms with van der Waals surface area (Å²) in [6, 6.07) is 14.5. The Morgan fingerprint density at radius 1 is 1.04 bits per heavy atom. The Morgan fingerprint density at radius 2 is 1.71 bits per heavy atom. The number of benzene rings is 2. The highest BCUT2D eigenvalue weighted by molar-refractivity contribution is 6.33. The average Bonchev–Trinajstić information content (AvgIpc) is 2.73. The zero-order chi connectivity index (χ0) is 19.8. The number of hydrogen-bond acceptors (Lipinski definition) is 6. The number of carbonyl (C=O) groups is 1. The zero-order valence-electron chi connectivity index (χ0n) is 15.2. The maximum Gasteiger partial charge on any atom is 0.254 e. The van der Waals surface area contributed by atoms with E-state index in [1.807, 2.05) is 30.3 Å². The minimum Gasteiger partial charge on any atom is -0.497 e. The second kappa shape index (κ2) is 9.57. The molecular weight excluding hydrogens is 380 g/mol. The topological polar surface area (TPSA) is 85.4 Å². The van der Waals surface area contributed by atoms with Gasteiger partial charge in [0.2, 0.25) is 5.95 Å². The molecule has 0 fully saturated rings. The molecule has 1 aromatic heterocycles. The fourth-order valence-electron chi connectivity index (χ4n) is 2.30. The third kappa shape index (κ3) is 5.34. The van der Waals surface area contributed by atoms with Crippen molar-refractivity contribution >= 4 is 29.1 Å². The Bertz CT molecular complexity index is 917. The molecule has 3 aromatic rings. The number of nitrogens with one attached hydrogen (secondary N) is 2. The summed E-state index contributed by atoms with van der Waals surface area (Å²) in [5.74, 6) is 1.54. The number of anilines is 2. The van der Waals surface area contributed by atoms with Gasteiger partial charge in [-0.1, -0.05) is 23.7 Å². The highest BCUT2D eigenvalue weighted by Crippen LogP contribution is 2.22. The lowest BCUT2D eigenvalue weighted by Crippen LogP contribution is -2.28. The SMILES string of the molecule is COc1ccc(OCCNC(=O)c2cnc(Nc3ccccc3Cl)nc2)cc1. The molecule has 0 aliphatic rings. The number of rotatable bonds is 8. The van der Waals surface area contributed by atoms with Crippen molar-refractivity contribution in [3.05, 3.63) is 71.5 Å². The van der Waals surface area contributed by atoms with Gasteiger partial charge < -0.3 is 20.1 Å². The van der Waals surface area contributed by atoms with Crippen molar-refractivity contribution in [3.8, 4) is 11.5 Å². The molecule has 2 aromatic carbocycles. The maximum atomic E-state index is 12.2. The molecule has 1 amide bonds. The maximum absolute atomic E-state index is 12.2. The van der Waals surface area contributed by atoms with Gasteiger partial charge in [-0.3, -0.25) is 4.79 Å². The molecule has 0 aliphatic carbocycles. The molecule has 1 heterocycles.